The molecule has 0 aliphatic rings. The molecule has 144 valence electrons. The number of carboxylic acids is 1. The Morgan fingerprint density at radius 1 is 1.04 bits per heavy atom. The van der Waals surface area contributed by atoms with Crippen LogP contribution >= 0.6 is 0 Å². The molecule has 2 aromatic carbocycles. The first kappa shape index (κ1) is 20.3. The van der Waals surface area contributed by atoms with Crippen molar-refractivity contribution in [2.75, 3.05) is 6.54 Å². The maximum atomic E-state index is 12.4. The first-order chi connectivity index (χ1) is 13.4. The van der Waals surface area contributed by atoms with Crippen LogP contribution in [-0.2, 0) is 9.59 Å². The Morgan fingerprint density at radius 2 is 1.68 bits per heavy atom. The number of amides is 2. The highest BCUT2D eigenvalue weighted by molar-refractivity contribution is 6.05. The molecule has 28 heavy (non-hydrogen) atoms. The van der Waals surface area contributed by atoms with Gasteiger partial charge in [0.2, 0.25) is 0 Å². The van der Waals surface area contributed by atoms with Crippen molar-refractivity contribution in [2.45, 2.75) is 6.42 Å². The third-order valence-corrected chi connectivity index (χ3v) is 3.57. The maximum absolute atomic E-state index is 12.4. The van der Waals surface area contributed by atoms with Gasteiger partial charge in [-0.05, 0) is 35.9 Å². The van der Waals surface area contributed by atoms with E-state index in [1.165, 1.54) is 30.3 Å². The zero-order valence-electron chi connectivity index (χ0n) is 14.6. The fourth-order valence-electron chi connectivity index (χ4n) is 2.18. The van der Waals surface area contributed by atoms with Gasteiger partial charge in [-0.3, -0.25) is 24.5 Å². The number of hydrogen-bond acceptors (Lipinski definition) is 5. The van der Waals surface area contributed by atoms with E-state index in [-0.39, 0.29) is 24.4 Å². The molecule has 0 aromatic heterocycles. The van der Waals surface area contributed by atoms with E-state index < -0.39 is 22.7 Å². The number of rotatable bonds is 8. The van der Waals surface area contributed by atoms with Crippen LogP contribution in [0.1, 0.15) is 22.3 Å². The van der Waals surface area contributed by atoms with Crippen molar-refractivity contribution in [2.24, 2.45) is 0 Å². The standard InChI is InChI=1S/C19H17N3O6/c23-17(24)10-11-20-19(26)16(21-18(25)14-4-2-1-3-5-14)12-13-6-8-15(9-7-13)22(27)28/h1-9,12H,10-11H2,(H,20,26)(H,21,25)(H,23,24)/b16-12-. The number of hydrogen-bond donors (Lipinski definition) is 3. The summed E-state index contributed by atoms with van der Waals surface area (Å²) in [6.07, 6.45) is 1.07. The second-order valence-corrected chi connectivity index (χ2v) is 5.63. The summed E-state index contributed by atoms with van der Waals surface area (Å²) < 4.78 is 0. The fourth-order valence-corrected chi connectivity index (χ4v) is 2.18. The Labute approximate surface area is 159 Å². The molecule has 2 aromatic rings. The van der Waals surface area contributed by atoms with Crippen molar-refractivity contribution in [3.05, 3.63) is 81.5 Å². The number of aliphatic carboxylic acids is 1. The minimum absolute atomic E-state index is 0.113. The lowest BCUT2D eigenvalue weighted by Crippen LogP contribution is -2.35. The lowest BCUT2D eigenvalue weighted by molar-refractivity contribution is -0.384. The van der Waals surface area contributed by atoms with E-state index in [4.69, 9.17) is 5.11 Å². The normalized spacial score (nSPS) is 10.8. The summed E-state index contributed by atoms with van der Waals surface area (Å²) >= 11 is 0. The Kier molecular flexibility index (Phi) is 6.98. The summed E-state index contributed by atoms with van der Waals surface area (Å²) in [5, 5.41) is 24.3. The quantitative estimate of drug-likeness (QED) is 0.362. The van der Waals surface area contributed by atoms with Crippen molar-refractivity contribution in [1.29, 1.82) is 0 Å². The predicted molar refractivity (Wildman–Crippen MR) is 100 cm³/mol. The fraction of sp³-hybridized carbons (Fsp3) is 0.105. The number of carboxylic acid groups (broad SMARTS) is 1. The van der Waals surface area contributed by atoms with Crippen molar-refractivity contribution >= 4 is 29.5 Å². The predicted octanol–water partition coefficient (Wildman–Crippen LogP) is 1.96. The van der Waals surface area contributed by atoms with Crippen LogP contribution < -0.4 is 10.6 Å². The number of nitro benzene ring substituents is 1. The molecule has 0 fully saturated rings. The van der Waals surface area contributed by atoms with Crippen LogP contribution in [0.5, 0.6) is 0 Å². The summed E-state index contributed by atoms with van der Waals surface area (Å²) in [6.45, 7) is -0.118. The van der Waals surface area contributed by atoms with Gasteiger partial charge in [-0.25, -0.2) is 0 Å². The minimum atomic E-state index is -1.07. The van der Waals surface area contributed by atoms with E-state index in [1.807, 2.05) is 0 Å². The van der Waals surface area contributed by atoms with Gasteiger partial charge in [0.15, 0.2) is 0 Å². The molecule has 0 bridgehead atoms. The van der Waals surface area contributed by atoms with Crippen LogP contribution in [0.3, 0.4) is 0 Å². The highest BCUT2D eigenvalue weighted by Crippen LogP contribution is 2.14. The van der Waals surface area contributed by atoms with Crippen molar-refractivity contribution in [3.8, 4) is 0 Å². The van der Waals surface area contributed by atoms with Crippen LogP contribution in [0.25, 0.3) is 6.08 Å². The molecule has 0 aliphatic heterocycles. The van der Waals surface area contributed by atoms with Crippen molar-refractivity contribution in [3.63, 3.8) is 0 Å². The molecule has 9 heteroatoms. The summed E-state index contributed by atoms with van der Waals surface area (Å²) in [7, 11) is 0. The number of non-ortho nitro benzene ring substituents is 1. The van der Waals surface area contributed by atoms with Crippen molar-refractivity contribution < 1.29 is 24.4 Å². The van der Waals surface area contributed by atoms with Gasteiger partial charge in [0.1, 0.15) is 5.70 Å². The summed E-state index contributed by atoms with van der Waals surface area (Å²) in [5.74, 6) is -2.28. The van der Waals surface area contributed by atoms with Gasteiger partial charge in [-0.1, -0.05) is 18.2 Å². The average Bonchev–Trinajstić information content (AvgIpc) is 2.68. The molecule has 0 radical (unpaired) electrons. The number of nitrogens with one attached hydrogen (secondary N) is 2. The van der Waals surface area contributed by atoms with Crippen LogP contribution in [0.2, 0.25) is 0 Å². The molecule has 0 atom stereocenters. The highest BCUT2D eigenvalue weighted by atomic mass is 16.6. The number of carbonyl (C=O) groups excluding carboxylic acids is 2. The Bertz CT molecular complexity index is 907. The molecule has 0 heterocycles. The lowest BCUT2D eigenvalue weighted by atomic mass is 10.1. The Hall–Kier alpha value is -4.01. The smallest absolute Gasteiger partial charge is 0.305 e. The summed E-state index contributed by atoms with van der Waals surface area (Å²) in [5.41, 5.74) is 0.545. The zero-order chi connectivity index (χ0) is 20.5. The van der Waals surface area contributed by atoms with Gasteiger partial charge < -0.3 is 15.7 Å². The van der Waals surface area contributed by atoms with Gasteiger partial charge in [-0.15, -0.1) is 0 Å². The van der Waals surface area contributed by atoms with Crippen LogP contribution in [0.4, 0.5) is 5.69 Å². The number of benzene rings is 2. The molecule has 0 saturated carbocycles. The van der Waals surface area contributed by atoms with Gasteiger partial charge in [0.25, 0.3) is 17.5 Å². The van der Waals surface area contributed by atoms with E-state index in [0.717, 1.165) is 0 Å². The summed E-state index contributed by atoms with van der Waals surface area (Å²) in [4.78, 5) is 45.5. The number of carbonyl (C=O) groups is 3. The number of nitro groups is 1. The second kappa shape index (κ2) is 9.62. The topological polar surface area (TPSA) is 139 Å². The molecule has 0 aliphatic carbocycles. The molecular weight excluding hydrogens is 366 g/mol. The molecule has 2 amide bonds. The van der Waals surface area contributed by atoms with E-state index in [1.54, 1.807) is 30.3 Å². The Balaban J connectivity index is 2.23. The molecule has 0 unspecified atom stereocenters. The van der Waals surface area contributed by atoms with Crippen LogP contribution in [-0.4, -0.2) is 34.4 Å². The van der Waals surface area contributed by atoms with Crippen LogP contribution in [0, 0.1) is 10.1 Å². The van der Waals surface area contributed by atoms with Gasteiger partial charge >= 0.3 is 5.97 Å². The molecular formula is C19H17N3O6. The maximum Gasteiger partial charge on any atom is 0.305 e. The third kappa shape index (κ3) is 6.06. The van der Waals surface area contributed by atoms with Gasteiger partial charge in [0, 0.05) is 24.2 Å². The first-order valence-corrected chi connectivity index (χ1v) is 8.19. The third-order valence-electron chi connectivity index (χ3n) is 3.57. The SMILES string of the molecule is O=C(O)CCNC(=O)/C(=C/c1ccc([N+](=O)[O-])cc1)NC(=O)c1ccccc1. The van der Waals surface area contributed by atoms with Gasteiger partial charge in [0.05, 0.1) is 11.3 Å². The highest BCUT2D eigenvalue weighted by Gasteiger charge is 2.15. The molecule has 3 N–H and O–H groups in total. The molecule has 2 rings (SSSR count). The van der Waals surface area contributed by atoms with E-state index >= 15 is 0 Å². The van der Waals surface area contributed by atoms with Gasteiger partial charge in [-0.2, -0.15) is 0 Å². The van der Waals surface area contributed by atoms with E-state index in [2.05, 4.69) is 10.6 Å². The van der Waals surface area contributed by atoms with Crippen molar-refractivity contribution in [1.82, 2.24) is 10.6 Å². The van der Waals surface area contributed by atoms with E-state index in [9.17, 15) is 24.5 Å². The summed E-state index contributed by atoms with van der Waals surface area (Å²) in [6, 6.07) is 13.6. The first-order valence-electron chi connectivity index (χ1n) is 8.19. The largest absolute Gasteiger partial charge is 0.481 e. The van der Waals surface area contributed by atoms with Crippen LogP contribution in [0.15, 0.2) is 60.3 Å². The molecule has 0 spiro atoms. The molecule has 0 saturated heterocycles. The lowest BCUT2D eigenvalue weighted by Gasteiger charge is -2.11. The van der Waals surface area contributed by atoms with E-state index in [0.29, 0.717) is 11.1 Å². The zero-order valence-corrected chi connectivity index (χ0v) is 14.6. The minimum Gasteiger partial charge on any atom is -0.481 e. The molecule has 9 nitrogen and oxygen atoms in total. The Morgan fingerprint density at radius 3 is 2.25 bits per heavy atom. The monoisotopic (exact) mass is 383 g/mol. The average molecular weight is 383 g/mol. The number of nitrogens with zero attached hydrogens (tertiary/aromatic N) is 1. The second-order valence-electron chi connectivity index (χ2n) is 5.63.